The Morgan fingerprint density at radius 2 is 2.00 bits per heavy atom. The van der Waals surface area contributed by atoms with Gasteiger partial charge in [0.2, 0.25) is 0 Å². The molecule has 0 N–H and O–H groups in total. The van der Waals surface area contributed by atoms with Crippen molar-refractivity contribution >= 4 is 29.2 Å². The third kappa shape index (κ3) is 1.65. The number of hydrogen-bond acceptors (Lipinski definition) is 3. The van der Waals surface area contributed by atoms with Crippen molar-refractivity contribution in [2.24, 2.45) is 0 Å². The molecule has 3 nitrogen and oxygen atoms in total. The lowest BCUT2D eigenvalue weighted by atomic mass is 9.89. The Kier molecular flexibility index (Phi) is 2.89. The lowest BCUT2D eigenvalue weighted by Gasteiger charge is -2.13. The Balaban J connectivity index is 2.44. The number of hydrogen-bond donors (Lipinski definition) is 0. The van der Waals surface area contributed by atoms with E-state index in [0.29, 0.717) is 15.6 Å². The van der Waals surface area contributed by atoms with Gasteiger partial charge in [0.25, 0.3) is 0 Å². The number of esters is 1. The van der Waals surface area contributed by atoms with Crippen molar-refractivity contribution < 1.29 is 14.3 Å². The second-order valence-corrected chi connectivity index (χ2v) is 5.05. The summed E-state index contributed by atoms with van der Waals surface area (Å²) in [6.45, 7) is 3.47. The van der Waals surface area contributed by atoms with Gasteiger partial charge in [0.1, 0.15) is 5.60 Å². The summed E-state index contributed by atoms with van der Waals surface area (Å²) < 4.78 is 10.3. The van der Waals surface area contributed by atoms with Crippen LogP contribution in [0.2, 0.25) is 10.0 Å². The Morgan fingerprint density at radius 3 is 2.59 bits per heavy atom. The summed E-state index contributed by atoms with van der Waals surface area (Å²) in [7, 11) is 1.33. The Hall–Kier alpha value is -0.770. The van der Waals surface area contributed by atoms with Gasteiger partial charge in [0, 0.05) is 5.56 Å². The average Bonchev–Trinajstić information content (AvgIpc) is 2.87. The minimum Gasteiger partial charge on any atom is -0.467 e. The molecule has 2 atom stereocenters. The van der Waals surface area contributed by atoms with Crippen LogP contribution in [0.25, 0.3) is 0 Å². The minimum absolute atomic E-state index is 0.407. The molecule has 5 heteroatoms. The predicted octanol–water partition coefficient (Wildman–Crippen LogP) is 3.17. The van der Waals surface area contributed by atoms with Crippen LogP contribution < -0.4 is 0 Å². The number of epoxide rings is 1. The number of ether oxygens (including phenoxy) is 2. The topological polar surface area (TPSA) is 38.8 Å². The SMILES string of the molecule is COC(=O)C1(C)OC1(C)c1cccc(Cl)c1Cl. The summed E-state index contributed by atoms with van der Waals surface area (Å²) in [6, 6.07) is 5.26. The standard InChI is InChI=1S/C12H12Cl2O3/c1-11(12(2,17-11)10(15)16-3)7-5-4-6-8(13)9(7)14/h4-6H,1-3H3. The molecule has 1 aliphatic rings. The second kappa shape index (κ2) is 3.87. The highest BCUT2D eigenvalue weighted by Gasteiger charge is 2.71. The van der Waals surface area contributed by atoms with Crippen molar-refractivity contribution in [1.29, 1.82) is 0 Å². The molecular formula is C12H12Cl2O3. The van der Waals surface area contributed by atoms with Crippen molar-refractivity contribution in [3.05, 3.63) is 33.8 Å². The Bertz CT molecular complexity index is 489. The molecule has 1 aromatic rings. The molecule has 0 amide bonds. The molecule has 1 aromatic carbocycles. The molecule has 0 radical (unpaired) electrons. The van der Waals surface area contributed by atoms with Gasteiger partial charge in [-0.05, 0) is 19.9 Å². The van der Waals surface area contributed by atoms with Gasteiger partial charge in [0.15, 0.2) is 5.60 Å². The van der Waals surface area contributed by atoms with Gasteiger partial charge in [-0.15, -0.1) is 0 Å². The number of methoxy groups -OCH3 is 1. The van der Waals surface area contributed by atoms with E-state index in [-0.39, 0.29) is 0 Å². The first-order chi connectivity index (χ1) is 7.87. The van der Waals surface area contributed by atoms with Crippen LogP contribution in [0.1, 0.15) is 19.4 Å². The van der Waals surface area contributed by atoms with Gasteiger partial charge in [-0.25, -0.2) is 4.79 Å². The third-order valence-electron chi connectivity index (χ3n) is 3.32. The van der Waals surface area contributed by atoms with Crippen LogP contribution in [0.4, 0.5) is 0 Å². The maximum Gasteiger partial charge on any atom is 0.341 e. The number of carbonyl (C=O) groups excluding carboxylic acids is 1. The van der Waals surface area contributed by atoms with Gasteiger partial charge >= 0.3 is 5.97 Å². The average molecular weight is 275 g/mol. The van der Waals surface area contributed by atoms with Crippen molar-refractivity contribution in [1.82, 2.24) is 0 Å². The second-order valence-electron chi connectivity index (χ2n) is 4.26. The van der Waals surface area contributed by atoms with Crippen molar-refractivity contribution in [3.63, 3.8) is 0 Å². The lowest BCUT2D eigenvalue weighted by Crippen LogP contribution is -2.29. The smallest absolute Gasteiger partial charge is 0.341 e. The molecule has 0 spiro atoms. The highest BCUT2D eigenvalue weighted by molar-refractivity contribution is 6.42. The van der Waals surface area contributed by atoms with E-state index in [2.05, 4.69) is 0 Å². The quantitative estimate of drug-likeness (QED) is 0.614. The van der Waals surface area contributed by atoms with Gasteiger partial charge in [-0.1, -0.05) is 35.3 Å². The largest absolute Gasteiger partial charge is 0.467 e. The minimum atomic E-state index is -1.00. The number of rotatable bonds is 2. The van der Waals surface area contributed by atoms with Crippen molar-refractivity contribution in [3.8, 4) is 0 Å². The first-order valence-electron chi connectivity index (χ1n) is 5.10. The van der Waals surface area contributed by atoms with Crippen LogP contribution >= 0.6 is 23.2 Å². The molecule has 0 aliphatic carbocycles. The Morgan fingerprint density at radius 1 is 1.35 bits per heavy atom. The van der Waals surface area contributed by atoms with E-state index in [1.807, 2.05) is 0 Å². The highest BCUT2D eigenvalue weighted by atomic mass is 35.5. The number of halogens is 2. The zero-order valence-corrected chi connectivity index (χ0v) is 11.2. The van der Waals surface area contributed by atoms with Crippen LogP contribution in [-0.4, -0.2) is 18.7 Å². The molecule has 1 aliphatic heterocycles. The van der Waals surface area contributed by atoms with E-state index in [1.54, 1.807) is 32.0 Å². The summed E-state index contributed by atoms with van der Waals surface area (Å²) in [6.07, 6.45) is 0. The fraction of sp³-hybridized carbons (Fsp3) is 0.417. The van der Waals surface area contributed by atoms with E-state index >= 15 is 0 Å². The van der Waals surface area contributed by atoms with Gasteiger partial charge < -0.3 is 9.47 Å². The van der Waals surface area contributed by atoms with Gasteiger partial charge in [-0.2, -0.15) is 0 Å². The van der Waals surface area contributed by atoms with Gasteiger partial charge in [-0.3, -0.25) is 0 Å². The van der Waals surface area contributed by atoms with Crippen LogP contribution in [0.15, 0.2) is 18.2 Å². The van der Waals surface area contributed by atoms with E-state index in [9.17, 15) is 4.79 Å². The molecule has 0 aromatic heterocycles. The van der Waals surface area contributed by atoms with Gasteiger partial charge in [0.05, 0.1) is 17.2 Å². The first-order valence-corrected chi connectivity index (χ1v) is 5.85. The monoisotopic (exact) mass is 274 g/mol. The molecule has 0 bridgehead atoms. The maximum absolute atomic E-state index is 11.7. The predicted molar refractivity (Wildman–Crippen MR) is 65.3 cm³/mol. The summed E-state index contributed by atoms with van der Waals surface area (Å²) in [4.78, 5) is 11.7. The normalized spacial score (nSPS) is 31.1. The molecule has 2 unspecified atom stereocenters. The third-order valence-corrected chi connectivity index (χ3v) is 4.14. The van der Waals surface area contributed by atoms with Crippen LogP contribution in [0.3, 0.4) is 0 Å². The van der Waals surface area contributed by atoms with Crippen LogP contribution in [-0.2, 0) is 19.9 Å². The van der Waals surface area contributed by atoms with E-state index in [1.165, 1.54) is 7.11 Å². The fourth-order valence-electron chi connectivity index (χ4n) is 2.00. The summed E-state index contributed by atoms with van der Waals surface area (Å²) in [5.74, 6) is -0.420. The summed E-state index contributed by atoms with van der Waals surface area (Å²) in [5, 5.41) is 0.845. The molecule has 1 fully saturated rings. The van der Waals surface area contributed by atoms with E-state index in [0.717, 1.165) is 0 Å². The number of benzene rings is 1. The molecule has 17 heavy (non-hydrogen) atoms. The van der Waals surface area contributed by atoms with Crippen LogP contribution in [0, 0.1) is 0 Å². The summed E-state index contributed by atoms with van der Waals surface area (Å²) in [5.41, 5.74) is -1.10. The number of carbonyl (C=O) groups is 1. The first kappa shape index (κ1) is 12.7. The van der Waals surface area contributed by atoms with Crippen molar-refractivity contribution in [2.75, 3.05) is 7.11 Å². The van der Waals surface area contributed by atoms with E-state index in [4.69, 9.17) is 32.7 Å². The molecule has 2 rings (SSSR count). The molecule has 0 saturated carbocycles. The highest BCUT2D eigenvalue weighted by Crippen LogP contribution is 2.58. The fourth-order valence-corrected chi connectivity index (χ4v) is 2.48. The maximum atomic E-state index is 11.7. The van der Waals surface area contributed by atoms with Crippen LogP contribution in [0.5, 0.6) is 0 Å². The summed E-state index contributed by atoms with van der Waals surface area (Å²) >= 11 is 12.1. The molecular weight excluding hydrogens is 263 g/mol. The molecule has 92 valence electrons. The zero-order chi connectivity index (χ0) is 12.8. The van der Waals surface area contributed by atoms with E-state index < -0.39 is 17.2 Å². The molecule has 1 heterocycles. The van der Waals surface area contributed by atoms with Crippen molar-refractivity contribution in [2.45, 2.75) is 25.0 Å². The lowest BCUT2D eigenvalue weighted by molar-refractivity contribution is -0.146. The Labute approximate surface area is 110 Å². The molecule has 1 saturated heterocycles. The zero-order valence-electron chi connectivity index (χ0n) is 9.71.